The second kappa shape index (κ2) is 8.12. The van der Waals surface area contributed by atoms with Crippen molar-refractivity contribution in [3.8, 4) is 5.69 Å². The lowest BCUT2D eigenvalue weighted by atomic mass is 10.00. The number of nitrogens with zero attached hydrogens (tertiary/aromatic N) is 4. The number of rotatable bonds is 5. The molecule has 1 aliphatic rings. The van der Waals surface area contributed by atoms with Gasteiger partial charge in [0.15, 0.2) is 5.58 Å². The molecule has 32 heavy (non-hydrogen) atoms. The number of carbonyl (C=O) groups is 1. The first-order valence-corrected chi connectivity index (χ1v) is 10.8. The highest BCUT2D eigenvalue weighted by Crippen LogP contribution is 2.30. The van der Waals surface area contributed by atoms with E-state index in [-0.39, 0.29) is 11.7 Å². The quantitative estimate of drug-likeness (QED) is 0.525. The molecule has 8 nitrogen and oxygen atoms in total. The van der Waals surface area contributed by atoms with Crippen LogP contribution in [0.3, 0.4) is 0 Å². The van der Waals surface area contributed by atoms with E-state index in [9.17, 15) is 9.59 Å². The number of aromatic nitrogens is 3. The summed E-state index contributed by atoms with van der Waals surface area (Å²) < 4.78 is 8.88. The summed E-state index contributed by atoms with van der Waals surface area (Å²) in [6.45, 7) is 6.17. The molecule has 164 valence electrons. The number of benzene rings is 2. The van der Waals surface area contributed by atoms with Crippen molar-refractivity contribution in [3.63, 3.8) is 0 Å². The van der Waals surface area contributed by atoms with E-state index < -0.39 is 6.04 Å². The fourth-order valence-electron chi connectivity index (χ4n) is 4.59. The van der Waals surface area contributed by atoms with Crippen molar-refractivity contribution in [3.05, 3.63) is 82.1 Å². The molecule has 1 saturated heterocycles. The minimum atomic E-state index is -0.463. The monoisotopic (exact) mass is 431 g/mol. The lowest BCUT2D eigenvalue weighted by Gasteiger charge is -2.35. The molecule has 1 amide bonds. The Morgan fingerprint density at radius 1 is 1.03 bits per heavy atom. The van der Waals surface area contributed by atoms with Crippen molar-refractivity contribution in [1.82, 2.24) is 24.6 Å². The normalized spacial score (nSPS) is 17.1. The number of amides is 1. The number of aryl methyl sites for hydroxylation is 1. The summed E-state index contributed by atoms with van der Waals surface area (Å²) in [6.07, 6.45) is 0. The van der Waals surface area contributed by atoms with Crippen LogP contribution in [-0.4, -0.2) is 44.8 Å². The van der Waals surface area contributed by atoms with E-state index >= 15 is 0 Å². The van der Waals surface area contributed by atoms with Gasteiger partial charge in [0.25, 0.3) is 0 Å². The number of para-hydroxylation sites is 3. The number of carbonyl (C=O) groups excluding carboxylic acids is 1. The van der Waals surface area contributed by atoms with Crippen molar-refractivity contribution in [2.24, 2.45) is 0 Å². The van der Waals surface area contributed by atoms with Crippen LogP contribution < -0.4 is 11.1 Å². The minimum absolute atomic E-state index is 0.0422. The molecule has 2 aromatic heterocycles. The van der Waals surface area contributed by atoms with Crippen molar-refractivity contribution in [1.29, 1.82) is 0 Å². The molecule has 0 saturated carbocycles. The Labute approximate surface area is 185 Å². The highest BCUT2D eigenvalue weighted by atomic mass is 16.4. The fourth-order valence-corrected chi connectivity index (χ4v) is 4.59. The molecule has 3 heterocycles. The molecule has 5 rings (SSSR count). The summed E-state index contributed by atoms with van der Waals surface area (Å²) in [5.74, 6) is -0.423. The minimum Gasteiger partial charge on any atom is -0.408 e. The van der Waals surface area contributed by atoms with Crippen LogP contribution in [0.25, 0.3) is 16.8 Å². The molecular formula is C24H25N5O3. The Balaban J connectivity index is 1.47. The first kappa shape index (κ1) is 20.3. The fraction of sp³-hybridized carbons (Fsp3) is 0.292. The number of oxazole rings is 1. The maximum atomic E-state index is 13.0. The molecule has 2 aromatic carbocycles. The first-order chi connectivity index (χ1) is 15.5. The van der Waals surface area contributed by atoms with E-state index in [4.69, 9.17) is 9.52 Å². The van der Waals surface area contributed by atoms with E-state index in [1.165, 1.54) is 0 Å². The summed E-state index contributed by atoms with van der Waals surface area (Å²) in [4.78, 5) is 27.5. The molecule has 1 N–H and O–H groups in total. The van der Waals surface area contributed by atoms with Crippen LogP contribution in [0.1, 0.15) is 23.0 Å². The molecule has 8 heteroatoms. The van der Waals surface area contributed by atoms with E-state index in [1.807, 2.05) is 67.1 Å². The largest absolute Gasteiger partial charge is 0.419 e. The molecule has 0 aliphatic carbocycles. The SMILES string of the molecule is Cc1nn(-c2ccccc2)c(C)c1[C@@H]1C(=O)NCCN1CCn1c(=O)oc2ccccc21. The highest BCUT2D eigenvalue weighted by Gasteiger charge is 2.35. The van der Waals surface area contributed by atoms with Gasteiger partial charge in [-0.15, -0.1) is 0 Å². The number of hydrogen-bond donors (Lipinski definition) is 1. The zero-order chi connectivity index (χ0) is 22.2. The number of fused-ring (bicyclic) bond motifs is 1. The molecule has 1 aliphatic heterocycles. The van der Waals surface area contributed by atoms with Crippen molar-refractivity contribution in [2.45, 2.75) is 26.4 Å². The molecule has 0 bridgehead atoms. The maximum absolute atomic E-state index is 13.0. The van der Waals surface area contributed by atoms with Crippen LogP contribution in [0.15, 0.2) is 63.8 Å². The smallest absolute Gasteiger partial charge is 0.408 e. The average molecular weight is 431 g/mol. The summed E-state index contributed by atoms with van der Waals surface area (Å²) in [6, 6.07) is 16.8. The average Bonchev–Trinajstić information content (AvgIpc) is 3.28. The maximum Gasteiger partial charge on any atom is 0.419 e. The van der Waals surface area contributed by atoms with Gasteiger partial charge in [-0.2, -0.15) is 5.10 Å². The van der Waals surface area contributed by atoms with Crippen LogP contribution in [0.2, 0.25) is 0 Å². The topological polar surface area (TPSA) is 85.3 Å². The highest BCUT2D eigenvalue weighted by molar-refractivity contribution is 5.84. The third-order valence-corrected chi connectivity index (χ3v) is 6.12. The second-order valence-corrected chi connectivity index (χ2v) is 8.05. The Kier molecular flexibility index (Phi) is 5.14. The zero-order valence-electron chi connectivity index (χ0n) is 18.1. The summed E-state index contributed by atoms with van der Waals surface area (Å²) >= 11 is 0. The van der Waals surface area contributed by atoms with E-state index in [1.54, 1.807) is 10.6 Å². The van der Waals surface area contributed by atoms with Crippen LogP contribution >= 0.6 is 0 Å². The summed E-state index contributed by atoms with van der Waals surface area (Å²) in [5, 5.41) is 7.72. The molecule has 4 aromatic rings. The Morgan fingerprint density at radius 3 is 2.59 bits per heavy atom. The van der Waals surface area contributed by atoms with E-state index in [2.05, 4.69) is 10.2 Å². The second-order valence-electron chi connectivity index (χ2n) is 8.05. The third-order valence-electron chi connectivity index (χ3n) is 6.12. The van der Waals surface area contributed by atoms with E-state index in [0.717, 1.165) is 28.2 Å². The molecule has 1 atom stereocenters. The number of hydrogen-bond acceptors (Lipinski definition) is 5. The predicted molar refractivity (Wildman–Crippen MR) is 121 cm³/mol. The molecule has 0 spiro atoms. The summed E-state index contributed by atoms with van der Waals surface area (Å²) in [7, 11) is 0. The van der Waals surface area contributed by atoms with Crippen LogP contribution in [-0.2, 0) is 11.3 Å². The first-order valence-electron chi connectivity index (χ1n) is 10.8. The van der Waals surface area contributed by atoms with Crippen LogP contribution in [0, 0.1) is 13.8 Å². The van der Waals surface area contributed by atoms with Gasteiger partial charge in [-0.1, -0.05) is 30.3 Å². The van der Waals surface area contributed by atoms with Gasteiger partial charge in [-0.05, 0) is 38.1 Å². The van der Waals surface area contributed by atoms with Gasteiger partial charge in [0.05, 0.1) is 16.9 Å². The van der Waals surface area contributed by atoms with Crippen LogP contribution in [0.4, 0.5) is 0 Å². The lowest BCUT2D eigenvalue weighted by molar-refractivity contribution is -0.129. The third kappa shape index (κ3) is 3.42. The van der Waals surface area contributed by atoms with Gasteiger partial charge in [-0.25, -0.2) is 9.48 Å². The van der Waals surface area contributed by atoms with Gasteiger partial charge in [0, 0.05) is 37.4 Å². The standard InChI is InChI=1S/C24H25N5O3/c1-16-21(17(2)29(26-16)18-8-4-3-5-9-18)22-23(30)25-12-13-27(22)14-15-28-19-10-6-7-11-20(19)32-24(28)31/h3-11,22H,12-15H2,1-2H3,(H,25,30)/t22-/m1/s1. The number of nitrogens with one attached hydrogen (secondary N) is 1. The van der Waals surface area contributed by atoms with Crippen molar-refractivity contribution >= 4 is 17.0 Å². The molecule has 1 fully saturated rings. The van der Waals surface area contributed by atoms with Gasteiger partial charge in [0.2, 0.25) is 5.91 Å². The molecule has 0 unspecified atom stereocenters. The zero-order valence-corrected chi connectivity index (χ0v) is 18.1. The molecule has 0 radical (unpaired) electrons. The molecular weight excluding hydrogens is 406 g/mol. The lowest BCUT2D eigenvalue weighted by Crippen LogP contribution is -2.51. The van der Waals surface area contributed by atoms with E-state index in [0.29, 0.717) is 31.8 Å². The van der Waals surface area contributed by atoms with Crippen molar-refractivity contribution < 1.29 is 9.21 Å². The number of piperazine rings is 1. The van der Waals surface area contributed by atoms with Gasteiger partial charge >= 0.3 is 5.76 Å². The van der Waals surface area contributed by atoms with Gasteiger partial charge in [-0.3, -0.25) is 14.3 Å². The van der Waals surface area contributed by atoms with Crippen LogP contribution in [0.5, 0.6) is 0 Å². The van der Waals surface area contributed by atoms with Gasteiger partial charge < -0.3 is 9.73 Å². The Hall–Kier alpha value is -3.65. The van der Waals surface area contributed by atoms with Crippen molar-refractivity contribution in [2.75, 3.05) is 19.6 Å². The van der Waals surface area contributed by atoms with Gasteiger partial charge in [0.1, 0.15) is 6.04 Å². The Bertz CT molecular complexity index is 1330. The Morgan fingerprint density at radius 2 is 1.78 bits per heavy atom. The summed E-state index contributed by atoms with van der Waals surface area (Å²) in [5.41, 5.74) is 4.96. The predicted octanol–water partition coefficient (Wildman–Crippen LogP) is 2.57.